The first-order chi connectivity index (χ1) is 59.2. The average Bonchev–Trinajstić information content (AvgIpc) is 0.847. The van der Waals surface area contributed by atoms with E-state index in [9.17, 15) is 0 Å². The van der Waals surface area contributed by atoms with E-state index in [1.807, 2.05) is 370 Å². The Balaban J connectivity index is 0.697. The van der Waals surface area contributed by atoms with Gasteiger partial charge in [0, 0.05) is 48.3 Å². The fraction of sp³-hybridized carbons (Fsp3) is 0.143. The molecule has 0 saturated heterocycles. The molecule has 15 aromatic carbocycles. The van der Waals surface area contributed by atoms with Gasteiger partial charge >= 0.3 is 0 Å². The first-order valence-corrected chi connectivity index (χ1v) is 40.4. The quantitative estimate of drug-likeness (QED) is 0.0336. The first kappa shape index (κ1) is 81.0. The van der Waals surface area contributed by atoms with E-state index < -0.39 is 0 Å². The van der Waals surface area contributed by atoms with Crippen molar-refractivity contribution < 1.29 is 66.3 Å². The maximum absolute atomic E-state index is 6.77. The van der Waals surface area contributed by atoms with Crippen molar-refractivity contribution in [3.8, 4) is 80.5 Å². The van der Waals surface area contributed by atoms with Gasteiger partial charge in [-0.3, -0.25) is 0 Å². The molecule has 14 nitrogen and oxygen atoms in total. The van der Waals surface area contributed by atoms with E-state index in [-0.39, 0.29) is 45.5 Å². The van der Waals surface area contributed by atoms with Gasteiger partial charge in [-0.2, -0.15) is 0 Å². The number of alkyl halides is 1. The number of hydrogen-bond donors (Lipinski definition) is 0. The molecule has 0 bridgehead atoms. The lowest BCUT2D eigenvalue weighted by Gasteiger charge is -2.17. The lowest BCUT2D eigenvalue weighted by Crippen LogP contribution is -2.04. The topological polar surface area (TPSA) is 129 Å². The predicted molar refractivity (Wildman–Crippen MR) is 467 cm³/mol. The number of hydrogen-bond acceptors (Lipinski definition) is 14. The van der Waals surface area contributed by atoms with Gasteiger partial charge in [0.2, 0.25) is 0 Å². The minimum atomic E-state index is 0.102. The largest absolute Gasteiger partial charge is 0.489 e. The summed E-state index contributed by atoms with van der Waals surface area (Å²) in [6.45, 7) is 3.79. The molecule has 0 aliphatic heterocycles. The van der Waals surface area contributed by atoms with E-state index in [0.717, 1.165) is 83.5 Å². The van der Waals surface area contributed by atoms with Crippen molar-refractivity contribution in [1.29, 1.82) is 0 Å². The molecule has 0 spiro atoms. The predicted octanol–water partition coefficient (Wildman–Crippen LogP) is 24.5. The van der Waals surface area contributed by atoms with Gasteiger partial charge in [-0.05, 0) is 168 Å². The lowest BCUT2D eigenvalue weighted by atomic mass is 10.1. The van der Waals surface area contributed by atoms with Crippen LogP contribution in [-0.2, 0) is 98.4 Å². The van der Waals surface area contributed by atoms with Gasteiger partial charge in [0.25, 0.3) is 0 Å². The van der Waals surface area contributed by atoms with Crippen LogP contribution in [0.25, 0.3) is 0 Å². The van der Waals surface area contributed by atoms with Crippen LogP contribution in [-0.4, -0.2) is 0 Å². The molecule has 0 atom stereocenters. The molecule has 0 saturated carbocycles. The zero-order chi connectivity index (χ0) is 81.4. The molecule has 602 valence electrons. The molecule has 15 heteroatoms. The van der Waals surface area contributed by atoms with Gasteiger partial charge in [0.15, 0.2) is 0 Å². The van der Waals surface area contributed by atoms with Gasteiger partial charge in [-0.1, -0.05) is 243 Å². The van der Waals surface area contributed by atoms with E-state index >= 15 is 0 Å². The van der Waals surface area contributed by atoms with E-state index in [1.54, 1.807) is 0 Å². The molecule has 15 aromatic rings. The SMILES string of the molecule is ClCc1cc(OCc2cc(OCc3cc(OCc4ccccc4)cc(OCc4ccccc4)c3)cc(OCc3cc(OCc4ccccc4)cc(OCc4ccccc4)c3)c2)cc(OCc2cc(OCc3cc(OCc4ccccc4)cc(OCc4ccccc4)c3)cc(OCc3cc(OCc4ccccc4)cc(OCc4ccccc4)c3)c2)c1. The number of benzene rings is 15. The Hall–Kier alpha value is -14.2. The van der Waals surface area contributed by atoms with Gasteiger partial charge in [-0.15, -0.1) is 11.6 Å². The number of rotatable bonds is 43. The van der Waals surface area contributed by atoms with E-state index in [4.69, 9.17) is 77.9 Å². The van der Waals surface area contributed by atoms with Gasteiger partial charge in [0.05, 0.1) is 0 Å². The number of ether oxygens (including phenoxy) is 14. The molecule has 120 heavy (non-hydrogen) atoms. The van der Waals surface area contributed by atoms with Crippen LogP contribution >= 0.6 is 11.6 Å². The average molecular weight is 1610 g/mol. The molecule has 0 unspecified atom stereocenters. The summed E-state index contributed by atoms with van der Waals surface area (Å²) in [4.78, 5) is 0. The van der Waals surface area contributed by atoms with Crippen LogP contribution in [0.1, 0.15) is 83.5 Å². The van der Waals surface area contributed by atoms with Crippen molar-refractivity contribution in [2.24, 2.45) is 0 Å². The zero-order valence-corrected chi connectivity index (χ0v) is 67.2. The van der Waals surface area contributed by atoms with Crippen molar-refractivity contribution in [3.05, 3.63) is 454 Å². The molecular formula is C105H91ClO14. The molecule has 0 amide bonds. The Morgan fingerprint density at radius 1 is 0.117 bits per heavy atom. The normalized spacial score (nSPS) is 10.9. The molecule has 0 aromatic heterocycles. The summed E-state index contributed by atoms with van der Waals surface area (Å²) in [5, 5.41) is 0. The standard InChI is InChI=1S/C105H91ClO14/c106-62-85-41-92(115-71-90-51-102(117-73-86-43-94(107-63-77-25-9-1-10-26-77)56-95(44-86)108-64-78-27-11-2-12-28-78)60-103(52-90)118-74-87-45-96(109-65-79-29-13-3-14-30-79)57-97(46-87)110-66-80-31-15-4-16-32-80)55-93(42-85)116-72-91-53-104(119-75-88-47-98(111-67-81-33-17-5-18-34-81)58-99(48-88)112-68-82-35-19-6-20-36-82)61-105(54-91)120-76-89-49-100(113-69-83-37-21-7-22-38-83)59-101(50-89)114-70-84-39-23-8-24-40-84/h1-61H,62-76H2. The van der Waals surface area contributed by atoms with Crippen LogP contribution in [0.3, 0.4) is 0 Å². The van der Waals surface area contributed by atoms with E-state index in [1.165, 1.54) is 0 Å². The highest BCUT2D eigenvalue weighted by atomic mass is 35.5. The Kier molecular flexibility index (Phi) is 28.7. The summed E-state index contributed by atoms with van der Waals surface area (Å²) >= 11 is 6.73. The fourth-order valence-electron chi connectivity index (χ4n) is 13.1. The van der Waals surface area contributed by atoms with E-state index in [0.29, 0.717) is 133 Å². The maximum Gasteiger partial charge on any atom is 0.123 e. The summed E-state index contributed by atoms with van der Waals surface area (Å²) in [5.74, 6) is 8.46. The summed E-state index contributed by atoms with van der Waals surface area (Å²) in [5.41, 5.74) is 13.9. The minimum absolute atomic E-state index is 0.102. The van der Waals surface area contributed by atoms with Gasteiger partial charge in [0.1, 0.15) is 173 Å². The molecule has 0 N–H and O–H groups in total. The minimum Gasteiger partial charge on any atom is -0.489 e. The third-order valence-corrected chi connectivity index (χ3v) is 19.5. The summed E-state index contributed by atoms with van der Waals surface area (Å²) in [7, 11) is 0. The Labute approximate surface area is 706 Å². The Morgan fingerprint density at radius 3 is 0.325 bits per heavy atom. The molecular weight excluding hydrogens is 1520 g/mol. The second-order valence-corrected chi connectivity index (χ2v) is 29.0. The summed E-state index contributed by atoms with van der Waals surface area (Å²) in [6.07, 6.45) is 0. The van der Waals surface area contributed by atoms with Gasteiger partial charge in [-0.25, -0.2) is 0 Å². The third kappa shape index (κ3) is 25.9. The highest BCUT2D eigenvalue weighted by Crippen LogP contribution is 2.36. The van der Waals surface area contributed by atoms with E-state index in [2.05, 4.69) is 0 Å². The summed E-state index contributed by atoms with van der Waals surface area (Å²) < 4.78 is 91.9. The van der Waals surface area contributed by atoms with Crippen molar-refractivity contribution in [3.63, 3.8) is 0 Å². The lowest BCUT2D eigenvalue weighted by molar-refractivity contribution is 0.270. The van der Waals surface area contributed by atoms with Gasteiger partial charge < -0.3 is 66.3 Å². The van der Waals surface area contributed by atoms with Crippen LogP contribution in [0, 0.1) is 0 Å². The molecule has 0 radical (unpaired) electrons. The van der Waals surface area contributed by atoms with Crippen LogP contribution in [0.15, 0.2) is 370 Å². The molecule has 0 heterocycles. The smallest absolute Gasteiger partial charge is 0.123 e. The second kappa shape index (κ2) is 42.6. The number of halogens is 1. The van der Waals surface area contributed by atoms with Crippen LogP contribution < -0.4 is 66.3 Å². The first-order valence-electron chi connectivity index (χ1n) is 39.9. The highest BCUT2D eigenvalue weighted by Gasteiger charge is 2.17. The Morgan fingerprint density at radius 2 is 0.217 bits per heavy atom. The van der Waals surface area contributed by atoms with Crippen molar-refractivity contribution in [2.45, 2.75) is 98.4 Å². The molecule has 0 aliphatic rings. The third-order valence-electron chi connectivity index (χ3n) is 19.2. The molecule has 15 rings (SSSR count). The zero-order valence-electron chi connectivity index (χ0n) is 66.4. The van der Waals surface area contributed by atoms with Crippen molar-refractivity contribution >= 4 is 11.6 Å². The van der Waals surface area contributed by atoms with Crippen LogP contribution in [0.2, 0.25) is 0 Å². The summed E-state index contributed by atoms with van der Waals surface area (Å²) in [6, 6.07) is 121. The molecule has 0 aliphatic carbocycles. The second-order valence-electron chi connectivity index (χ2n) is 28.7. The maximum atomic E-state index is 6.77. The fourth-order valence-corrected chi connectivity index (χ4v) is 13.2. The monoisotopic (exact) mass is 1610 g/mol. The Bertz CT molecular complexity index is 4770. The highest BCUT2D eigenvalue weighted by molar-refractivity contribution is 6.17. The van der Waals surface area contributed by atoms with Crippen LogP contribution in [0.5, 0.6) is 80.5 Å². The van der Waals surface area contributed by atoms with Crippen LogP contribution in [0.4, 0.5) is 0 Å². The van der Waals surface area contributed by atoms with Crippen molar-refractivity contribution in [2.75, 3.05) is 0 Å². The van der Waals surface area contributed by atoms with Crippen molar-refractivity contribution in [1.82, 2.24) is 0 Å². The molecule has 0 fully saturated rings.